The van der Waals surface area contributed by atoms with Crippen LogP contribution in [0.4, 0.5) is 0 Å². The van der Waals surface area contributed by atoms with Gasteiger partial charge in [-0.25, -0.2) is 4.98 Å². The van der Waals surface area contributed by atoms with Gasteiger partial charge in [-0.1, -0.05) is 20.3 Å². The number of ether oxygens (including phenoxy) is 1. The van der Waals surface area contributed by atoms with Crippen LogP contribution in [0.3, 0.4) is 0 Å². The predicted octanol–water partition coefficient (Wildman–Crippen LogP) is 1.98. The molecule has 1 unspecified atom stereocenters. The topological polar surface area (TPSA) is 66.2 Å². The van der Waals surface area contributed by atoms with Crippen molar-refractivity contribution in [3.63, 3.8) is 0 Å². The second kappa shape index (κ2) is 6.38. The Morgan fingerprint density at radius 1 is 1.65 bits per heavy atom. The van der Waals surface area contributed by atoms with Gasteiger partial charge in [-0.2, -0.15) is 5.26 Å². The zero-order chi connectivity index (χ0) is 14.5. The molecule has 1 aliphatic rings. The Hall–Kier alpha value is -2.09. The van der Waals surface area contributed by atoms with E-state index in [0.717, 1.165) is 6.42 Å². The van der Waals surface area contributed by atoms with Crippen molar-refractivity contribution < 1.29 is 9.53 Å². The van der Waals surface area contributed by atoms with E-state index < -0.39 is 0 Å². The highest BCUT2D eigenvalue weighted by Crippen LogP contribution is 2.19. The van der Waals surface area contributed by atoms with E-state index >= 15 is 0 Å². The molecular formula is C15H19N3O2. The first kappa shape index (κ1) is 14.3. The number of nitriles is 1. The number of aromatic nitrogens is 1. The molecule has 2 rings (SSSR count). The Morgan fingerprint density at radius 2 is 2.40 bits per heavy atom. The Morgan fingerprint density at radius 3 is 3.05 bits per heavy atom. The first-order valence-electron chi connectivity index (χ1n) is 6.93. The first-order chi connectivity index (χ1) is 9.62. The van der Waals surface area contributed by atoms with Crippen molar-refractivity contribution >= 4 is 5.91 Å². The van der Waals surface area contributed by atoms with Crippen molar-refractivity contribution in [1.82, 2.24) is 9.88 Å². The standard InChI is InChI=1S/C15H19N3O2/c1-3-11(2)6-15(19)18-9-13(10-18)20-14-7-12(8-16)4-5-17-14/h4-5,7,11,13H,3,6,9-10H2,1-2H3. The normalized spacial score (nSPS) is 16.1. The number of nitrogens with zero attached hydrogens (tertiary/aromatic N) is 3. The number of hydrogen-bond acceptors (Lipinski definition) is 4. The van der Waals surface area contributed by atoms with Crippen molar-refractivity contribution in [3.05, 3.63) is 23.9 Å². The molecule has 1 saturated heterocycles. The van der Waals surface area contributed by atoms with Crippen LogP contribution in [0.5, 0.6) is 5.88 Å². The van der Waals surface area contributed by atoms with Crippen molar-refractivity contribution in [2.75, 3.05) is 13.1 Å². The molecule has 1 aliphatic heterocycles. The van der Waals surface area contributed by atoms with Crippen molar-refractivity contribution in [3.8, 4) is 11.9 Å². The fraction of sp³-hybridized carbons (Fsp3) is 0.533. The van der Waals surface area contributed by atoms with Gasteiger partial charge in [0.05, 0.1) is 24.7 Å². The number of likely N-dealkylation sites (tertiary alicyclic amines) is 1. The summed E-state index contributed by atoms with van der Waals surface area (Å²) < 4.78 is 5.65. The molecule has 1 amide bonds. The van der Waals surface area contributed by atoms with Crippen molar-refractivity contribution in [2.24, 2.45) is 5.92 Å². The summed E-state index contributed by atoms with van der Waals surface area (Å²) in [6.45, 7) is 5.39. The summed E-state index contributed by atoms with van der Waals surface area (Å²) in [5.74, 6) is 1.07. The molecule has 0 N–H and O–H groups in total. The largest absolute Gasteiger partial charge is 0.471 e. The van der Waals surface area contributed by atoms with Crippen LogP contribution in [0.15, 0.2) is 18.3 Å². The summed E-state index contributed by atoms with van der Waals surface area (Å²) in [7, 11) is 0. The molecule has 0 saturated carbocycles. The monoisotopic (exact) mass is 273 g/mol. The lowest BCUT2D eigenvalue weighted by molar-refractivity contribution is -0.141. The minimum atomic E-state index is -0.0164. The minimum absolute atomic E-state index is 0.0164. The molecule has 5 nitrogen and oxygen atoms in total. The SMILES string of the molecule is CCC(C)CC(=O)N1CC(Oc2cc(C#N)ccn2)C1. The minimum Gasteiger partial charge on any atom is -0.471 e. The van der Waals surface area contributed by atoms with Gasteiger partial charge in [0, 0.05) is 18.7 Å². The van der Waals surface area contributed by atoms with Crippen molar-refractivity contribution in [1.29, 1.82) is 5.26 Å². The Bertz CT molecular complexity index is 518. The quantitative estimate of drug-likeness (QED) is 0.822. The van der Waals surface area contributed by atoms with Crippen LogP contribution >= 0.6 is 0 Å². The van der Waals surface area contributed by atoms with Crippen LogP contribution in [0, 0.1) is 17.2 Å². The molecular weight excluding hydrogens is 254 g/mol. The van der Waals surface area contributed by atoms with Gasteiger partial charge in [0.1, 0.15) is 6.10 Å². The van der Waals surface area contributed by atoms with E-state index in [2.05, 4.69) is 18.8 Å². The number of amides is 1. The molecule has 2 heterocycles. The number of rotatable bonds is 5. The molecule has 0 aliphatic carbocycles. The molecule has 1 atom stereocenters. The molecule has 106 valence electrons. The van der Waals surface area contributed by atoms with E-state index in [1.165, 1.54) is 0 Å². The average Bonchev–Trinajstić information content (AvgIpc) is 2.42. The molecule has 0 bridgehead atoms. The van der Waals surface area contributed by atoms with Gasteiger partial charge in [-0.15, -0.1) is 0 Å². The first-order valence-corrected chi connectivity index (χ1v) is 6.93. The second-order valence-electron chi connectivity index (χ2n) is 5.25. The molecule has 5 heteroatoms. The van der Waals surface area contributed by atoms with Crippen LogP contribution in [0.25, 0.3) is 0 Å². The maximum Gasteiger partial charge on any atom is 0.223 e. The zero-order valence-corrected chi connectivity index (χ0v) is 11.9. The lowest BCUT2D eigenvalue weighted by Crippen LogP contribution is -2.56. The van der Waals surface area contributed by atoms with Crippen LogP contribution in [0.1, 0.15) is 32.3 Å². The predicted molar refractivity (Wildman–Crippen MR) is 74.0 cm³/mol. The zero-order valence-electron chi connectivity index (χ0n) is 11.9. The Balaban J connectivity index is 1.79. The van der Waals surface area contributed by atoms with E-state index in [0.29, 0.717) is 36.9 Å². The van der Waals surface area contributed by atoms with Crippen LogP contribution in [0.2, 0.25) is 0 Å². The number of carbonyl (C=O) groups is 1. The fourth-order valence-corrected chi connectivity index (χ4v) is 2.00. The molecule has 1 aromatic heterocycles. The second-order valence-corrected chi connectivity index (χ2v) is 5.25. The highest BCUT2D eigenvalue weighted by molar-refractivity contribution is 5.77. The molecule has 1 aromatic rings. The summed E-state index contributed by atoms with van der Waals surface area (Å²) >= 11 is 0. The lowest BCUT2D eigenvalue weighted by atomic mass is 10.0. The summed E-state index contributed by atoms with van der Waals surface area (Å²) in [4.78, 5) is 17.8. The van der Waals surface area contributed by atoms with E-state index in [9.17, 15) is 4.79 Å². The summed E-state index contributed by atoms with van der Waals surface area (Å²) in [5, 5.41) is 8.80. The van der Waals surface area contributed by atoms with E-state index in [4.69, 9.17) is 10.00 Å². The molecule has 0 aromatic carbocycles. The highest BCUT2D eigenvalue weighted by atomic mass is 16.5. The van der Waals surface area contributed by atoms with Gasteiger partial charge in [0.25, 0.3) is 0 Å². The van der Waals surface area contributed by atoms with Gasteiger partial charge in [-0.3, -0.25) is 4.79 Å². The maximum absolute atomic E-state index is 11.9. The van der Waals surface area contributed by atoms with E-state index in [1.807, 2.05) is 11.0 Å². The van der Waals surface area contributed by atoms with Crippen LogP contribution < -0.4 is 4.74 Å². The molecule has 0 spiro atoms. The summed E-state index contributed by atoms with van der Waals surface area (Å²) in [6, 6.07) is 5.30. The Kier molecular flexibility index (Phi) is 4.57. The van der Waals surface area contributed by atoms with Crippen molar-refractivity contribution in [2.45, 2.75) is 32.8 Å². The third-order valence-corrected chi connectivity index (χ3v) is 3.57. The average molecular weight is 273 g/mol. The van der Waals surface area contributed by atoms with Crippen LogP contribution in [-0.4, -0.2) is 35.0 Å². The number of pyridine rings is 1. The third kappa shape index (κ3) is 3.47. The van der Waals surface area contributed by atoms with Gasteiger partial charge in [0.2, 0.25) is 11.8 Å². The van der Waals surface area contributed by atoms with Gasteiger partial charge < -0.3 is 9.64 Å². The van der Waals surface area contributed by atoms with E-state index in [-0.39, 0.29) is 12.0 Å². The summed E-state index contributed by atoms with van der Waals surface area (Å²) in [5.41, 5.74) is 0.527. The highest BCUT2D eigenvalue weighted by Gasteiger charge is 2.32. The van der Waals surface area contributed by atoms with E-state index in [1.54, 1.807) is 18.3 Å². The number of hydrogen-bond donors (Lipinski definition) is 0. The van der Waals surface area contributed by atoms with Gasteiger partial charge >= 0.3 is 0 Å². The molecule has 20 heavy (non-hydrogen) atoms. The Labute approximate surface area is 119 Å². The third-order valence-electron chi connectivity index (χ3n) is 3.57. The summed E-state index contributed by atoms with van der Waals surface area (Å²) in [6.07, 6.45) is 3.16. The maximum atomic E-state index is 11.9. The molecule has 1 fully saturated rings. The fourth-order valence-electron chi connectivity index (χ4n) is 2.00. The number of carbonyl (C=O) groups excluding carboxylic acids is 1. The van der Waals surface area contributed by atoms with Gasteiger partial charge in [-0.05, 0) is 12.0 Å². The smallest absolute Gasteiger partial charge is 0.223 e. The lowest BCUT2D eigenvalue weighted by Gasteiger charge is -2.39. The molecule has 0 radical (unpaired) electrons. The van der Waals surface area contributed by atoms with Gasteiger partial charge in [0.15, 0.2) is 0 Å². The van der Waals surface area contributed by atoms with Crippen LogP contribution in [-0.2, 0) is 4.79 Å².